The zero-order valence-electron chi connectivity index (χ0n) is 32.8. The van der Waals surface area contributed by atoms with E-state index in [1.54, 1.807) is 0 Å². The number of aryl methyl sites for hydroxylation is 1. The fourth-order valence-corrected chi connectivity index (χ4v) is 12.4. The topological polar surface area (TPSA) is 38.9 Å². The number of pyridine rings is 2. The number of fused-ring (bicyclic) bond motifs is 3. The van der Waals surface area contributed by atoms with Gasteiger partial charge in [-0.1, -0.05) is 90.7 Å². The molecule has 4 aromatic carbocycles. The van der Waals surface area contributed by atoms with E-state index in [1.807, 2.05) is 18.3 Å². The smallest absolute Gasteiger partial charge is 0.121 e. The first-order valence-corrected chi connectivity index (χ1v) is 27.5. The summed E-state index contributed by atoms with van der Waals surface area (Å²) in [6.07, 6.45) is 17.5. The SMILES string of the molecule is Cc1cc(-c2[c-]cc(C3CCCCC3)cc2)nc[c]1[Ge]([CH3])([CH3])[CH3].[Ir].[c-]1ccc2c(oc3cc(-c4ccccc4)ccc32)c1-c1cc(CC2CCCC2)ccn1. The second-order valence-electron chi connectivity index (χ2n) is 16.7. The van der Waals surface area contributed by atoms with E-state index in [1.165, 1.54) is 84.4 Å². The molecule has 55 heavy (non-hydrogen) atoms. The van der Waals surface area contributed by atoms with Gasteiger partial charge in [-0.3, -0.25) is 0 Å². The predicted molar refractivity (Wildman–Crippen MR) is 229 cm³/mol. The minimum Gasteiger partial charge on any atom is -0.501 e. The van der Waals surface area contributed by atoms with Crippen LogP contribution in [0.1, 0.15) is 80.4 Å². The summed E-state index contributed by atoms with van der Waals surface area (Å²) in [7, 11) is 0. The molecule has 2 aliphatic carbocycles. The van der Waals surface area contributed by atoms with Gasteiger partial charge < -0.3 is 9.40 Å². The molecule has 9 rings (SSSR count). The van der Waals surface area contributed by atoms with Gasteiger partial charge in [0.15, 0.2) is 0 Å². The van der Waals surface area contributed by atoms with Crippen molar-refractivity contribution in [3.63, 3.8) is 0 Å². The average molecular weight is 962 g/mol. The Labute approximate surface area is 344 Å². The van der Waals surface area contributed by atoms with Crippen molar-refractivity contribution < 1.29 is 24.5 Å². The zero-order valence-corrected chi connectivity index (χ0v) is 37.2. The molecule has 0 bridgehead atoms. The summed E-state index contributed by atoms with van der Waals surface area (Å²) in [5, 5.41) is 2.25. The Bertz CT molecular complexity index is 2350. The molecule has 2 aliphatic rings. The Kier molecular flexibility index (Phi) is 12.6. The average Bonchev–Trinajstić information content (AvgIpc) is 3.86. The number of furan rings is 1. The van der Waals surface area contributed by atoms with Crippen molar-refractivity contribution in [3.05, 3.63) is 138 Å². The first kappa shape index (κ1) is 39.4. The van der Waals surface area contributed by atoms with Crippen LogP contribution < -0.4 is 4.40 Å². The maximum absolute atomic E-state index is 6.40. The van der Waals surface area contributed by atoms with E-state index < -0.39 is 13.3 Å². The van der Waals surface area contributed by atoms with Gasteiger partial charge in [-0.25, -0.2) is 0 Å². The summed E-state index contributed by atoms with van der Waals surface area (Å²) in [4.78, 5) is 9.41. The zero-order chi connectivity index (χ0) is 37.1. The quantitative estimate of drug-likeness (QED) is 0.118. The maximum atomic E-state index is 6.40. The molecule has 0 N–H and O–H groups in total. The molecule has 5 heteroatoms. The molecule has 0 atom stereocenters. The minimum atomic E-state index is -1.81. The second kappa shape index (κ2) is 17.5. The first-order chi connectivity index (χ1) is 26.3. The Morgan fingerprint density at radius 1 is 0.727 bits per heavy atom. The molecule has 3 heterocycles. The number of nitrogens with zero attached hydrogens (tertiary/aromatic N) is 2. The molecule has 0 unspecified atom stereocenters. The third kappa shape index (κ3) is 9.09. The molecule has 0 aliphatic heterocycles. The molecule has 1 radical (unpaired) electrons. The minimum absolute atomic E-state index is 0. The van der Waals surface area contributed by atoms with Crippen molar-refractivity contribution in [2.45, 2.75) is 94.3 Å². The number of hydrogen-bond donors (Lipinski definition) is 0. The van der Waals surface area contributed by atoms with Gasteiger partial charge in [0.05, 0.1) is 5.58 Å². The van der Waals surface area contributed by atoms with E-state index in [2.05, 4.69) is 132 Å². The summed E-state index contributed by atoms with van der Waals surface area (Å²) in [5.41, 5.74) is 12.4. The summed E-state index contributed by atoms with van der Waals surface area (Å²) in [6, 6.07) is 41.2. The van der Waals surface area contributed by atoms with Crippen LogP contribution in [0.3, 0.4) is 0 Å². The van der Waals surface area contributed by atoms with Crippen LogP contribution in [0.15, 0.2) is 114 Å². The van der Waals surface area contributed by atoms with E-state index in [4.69, 9.17) is 9.40 Å². The van der Waals surface area contributed by atoms with Crippen LogP contribution >= 0.6 is 0 Å². The Morgan fingerprint density at radius 2 is 1.51 bits per heavy atom. The van der Waals surface area contributed by atoms with Crippen molar-refractivity contribution >= 4 is 39.6 Å². The number of hydrogen-bond acceptors (Lipinski definition) is 3. The molecule has 0 saturated heterocycles. The van der Waals surface area contributed by atoms with Crippen LogP contribution in [0.4, 0.5) is 0 Å². The Balaban J connectivity index is 0.000000174. The number of rotatable bonds is 7. The number of benzene rings is 4. The van der Waals surface area contributed by atoms with Gasteiger partial charge in [0, 0.05) is 31.7 Å². The van der Waals surface area contributed by atoms with Crippen molar-refractivity contribution in [1.82, 2.24) is 9.97 Å². The van der Waals surface area contributed by atoms with Crippen molar-refractivity contribution in [1.29, 1.82) is 0 Å². The van der Waals surface area contributed by atoms with Crippen molar-refractivity contribution in [2.24, 2.45) is 5.92 Å². The second-order valence-corrected chi connectivity index (χ2v) is 27.3. The number of aromatic nitrogens is 2. The molecule has 0 spiro atoms. The summed E-state index contributed by atoms with van der Waals surface area (Å²) < 4.78 is 7.91. The largest absolute Gasteiger partial charge is 0.501 e. The standard InChI is InChI=1S/C29H24NO.C21H28GeN.Ir/c1-2-9-22(10-3-1)23-13-14-24-25-11-6-12-26(29(25)31-28(24)19-23)27-18-21(15-16-30-27)17-20-7-4-5-8-20;1-16-14-21(23-15-20(16)22(2,3)4)19-12-10-18(11-13-19)17-8-6-5-7-9-17;/h1-3,6,9-11,13-16,18-20H,4-5,7-8,17H2;10-12,14-15,17H,5-9H2,1-4H3;/q2*-1;. The fraction of sp³-hybridized carbons (Fsp3) is 0.320. The molecule has 3 nitrogen and oxygen atoms in total. The van der Waals surface area contributed by atoms with Gasteiger partial charge in [0.25, 0.3) is 0 Å². The molecule has 0 amide bonds. The van der Waals surface area contributed by atoms with Crippen LogP contribution in [0.2, 0.25) is 17.3 Å². The molecule has 283 valence electrons. The van der Waals surface area contributed by atoms with E-state index in [-0.39, 0.29) is 20.1 Å². The fourth-order valence-electron chi connectivity index (χ4n) is 8.80. The monoisotopic (exact) mass is 963 g/mol. The van der Waals surface area contributed by atoms with Crippen LogP contribution in [-0.2, 0) is 26.5 Å². The summed E-state index contributed by atoms with van der Waals surface area (Å²) in [6.45, 7) is 2.23. The van der Waals surface area contributed by atoms with Crippen molar-refractivity contribution in [2.75, 3.05) is 0 Å². The Hall–Kier alpha value is -3.83. The molecule has 3 aromatic heterocycles. The van der Waals surface area contributed by atoms with E-state index >= 15 is 0 Å². The van der Waals surface area contributed by atoms with Crippen LogP contribution in [0.25, 0.3) is 55.6 Å². The summed E-state index contributed by atoms with van der Waals surface area (Å²) >= 11 is -1.81. The summed E-state index contributed by atoms with van der Waals surface area (Å²) in [5.74, 6) is 8.84. The van der Waals surface area contributed by atoms with Crippen LogP contribution in [-0.4, -0.2) is 23.2 Å². The van der Waals surface area contributed by atoms with E-state index in [9.17, 15) is 0 Å². The van der Waals surface area contributed by atoms with Gasteiger partial charge in [0.1, 0.15) is 5.58 Å². The van der Waals surface area contributed by atoms with Crippen molar-refractivity contribution in [3.8, 4) is 33.6 Å². The predicted octanol–water partition coefficient (Wildman–Crippen LogP) is 13.3. The van der Waals surface area contributed by atoms with E-state index in [0.717, 1.165) is 68.3 Å². The van der Waals surface area contributed by atoms with Gasteiger partial charge in [-0.05, 0) is 41.3 Å². The van der Waals surface area contributed by atoms with E-state index in [0.29, 0.717) is 0 Å². The molecular formula is C50H52GeIrN2O-2. The van der Waals surface area contributed by atoms with Crippen LogP contribution in [0.5, 0.6) is 0 Å². The van der Waals surface area contributed by atoms with Gasteiger partial charge in [-0.2, -0.15) is 0 Å². The maximum Gasteiger partial charge on any atom is 0.121 e. The molecule has 2 fully saturated rings. The van der Waals surface area contributed by atoms with Gasteiger partial charge in [-0.15, -0.1) is 18.2 Å². The van der Waals surface area contributed by atoms with Crippen LogP contribution in [0, 0.1) is 25.0 Å². The molecule has 2 saturated carbocycles. The van der Waals surface area contributed by atoms with Gasteiger partial charge in [0.2, 0.25) is 0 Å². The molecular weight excluding hydrogens is 909 g/mol. The normalized spacial score (nSPS) is 15.1. The molecule has 7 aromatic rings. The third-order valence-corrected chi connectivity index (χ3v) is 16.2. The third-order valence-electron chi connectivity index (χ3n) is 11.7. The first-order valence-electron chi connectivity index (χ1n) is 20.2. The Morgan fingerprint density at radius 3 is 2.24 bits per heavy atom. The van der Waals surface area contributed by atoms with Gasteiger partial charge >= 0.3 is 144 Å².